The Morgan fingerprint density at radius 1 is 0.926 bits per heavy atom. The molecule has 0 aliphatic carbocycles. The normalized spacial score (nSPS) is 10.8. The van der Waals surface area contributed by atoms with Crippen LogP contribution in [0.4, 0.5) is 0 Å². The van der Waals surface area contributed by atoms with E-state index in [-0.39, 0.29) is 0 Å². The molecule has 0 radical (unpaired) electrons. The van der Waals surface area contributed by atoms with Crippen LogP contribution in [0.1, 0.15) is 56.6 Å². The first-order valence-corrected chi connectivity index (χ1v) is 10.8. The van der Waals surface area contributed by atoms with Gasteiger partial charge in [0.25, 0.3) is 0 Å². The van der Waals surface area contributed by atoms with Gasteiger partial charge in [-0.25, -0.2) is 0 Å². The van der Waals surface area contributed by atoms with Crippen LogP contribution in [0.2, 0.25) is 0 Å². The predicted octanol–water partition coefficient (Wildman–Crippen LogP) is 6.49. The van der Waals surface area contributed by atoms with E-state index in [0.29, 0.717) is 6.61 Å². The second kappa shape index (κ2) is 12.8. The Labute approximate surface area is 172 Å². The zero-order chi connectivity index (χ0) is 19.3. The Morgan fingerprint density at radius 3 is 2.41 bits per heavy atom. The Morgan fingerprint density at radius 2 is 1.67 bits per heavy atom. The van der Waals surface area contributed by atoms with Gasteiger partial charge in [-0.05, 0) is 30.7 Å². The molecule has 0 spiro atoms. The lowest BCUT2D eigenvalue weighted by Gasteiger charge is -2.17. The summed E-state index contributed by atoms with van der Waals surface area (Å²) in [5.41, 5.74) is 2.25. The highest BCUT2D eigenvalue weighted by atomic mass is 79.9. The SMILES string of the molecule is CCCCCCCCNCc1c(Br)ccc(OC)c1OCc1ccccc1. The van der Waals surface area contributed by atoms with Crippen molar-refractivity contribution in [2.75, 3.05) is 13.7 Å². The number of hydrogen-bond acceptors (Lipinski definition) is 3. The molecule has 2 rings (SSSR count). The van der Waals surface area contributed by atoms with Gasteiger partial charge < -0.3 is 14.8 Å². The maximum absolute atomic E-state index is 6.15. The van der Waals surface area contributed by atoms with Crippen molar-refractivity contribution in [2.24, 2.45) is 0 Å². The van der Waals surface area contributed by atoms with Crippen molar-refractivity contribution in [3.8, 4) is 11.5 Å². The third kappa shape index (κ3) is 7.55. The molecule has 0 aromatic heterocycles. The summed E-state index contributed by atoms with van der Waals surface area (Å²) in [6.45, 7) is 4.56. The van der Waals surface area contributed by atoms with Gasteiger partial charge in [-0.1, -0.05) is 85.3 Å². The van der Waals surface area contributed by atoms with E-state index in [0.717, 1.165) is 40.2 Å². The van der Waals surface area contributed by atoms with Crippen molar-refractivity contribution >= 4 is 15.9 Å². The first-order valence-electron chi connectivity index (χ1n) is 9.99. The van der Waals surface area contributed by atoms with Crippen molar-refractivity contribution in [1.29, 1.82) is 0 Å². The van der Waals surface area contributed by atoms with Crippen LogP contribution >= 0.6 is 15.9 Å². The van der Waals surface area contributed by atoms with E-state index < -0.39 is 0 Å². The summed E-state index contributed by atoms with van der Waals surface area (Å²) >= 11 is 3.67. The first-order chi connectivity index (χ1) is 13.3. The van der Waals surface area contributed by atoms with Crippen LogP contribution in [-0.2, 0) is 13.2 Å². The van der Waals surface area contributed by atoms with Gasteiger partial charge in [0.1, 0.15) is 6.61 Å². The fourth-order valence-corrected chi connectivity index (χ4v) is 3.49. The van der Waals surface area contributed by atoms with Crippen LogP contribution in [0.25, 0.3) is 0 Å². The molecule has 27 heavy (non-hydrogen) atoms. The third-order valence-corrected chi connectivity index (χ3v) is 5.36. The summed E-state index contributed by atoms with van der Waals surface area (Å²) in [6.07, 6.45) is 7.86. The molecule has 3 nitrogen and oxygen atoms in total. The van der Waals surface area contributed by atoms with E-state index in [9.17, 15) is 0 Å². The molecule has 1 N–H and O–H groups in total. The highest BCUT2D eigenvalue weighted by Crippen LogP contribution is 2.36. The molecule has 0 atom stereocenters. The van der Waals surface area contributed by atoms with E-state index >= 15 is 0 Å². The lowest BCUT2D eigenvalue weighted by atomic mass is 10.1. The average molecular weight is 434 g/mol. The average Bonchev–Trinajstić information content (AvgIpc) is 2.70. The first kappa shape index (κ1) is 21.8. The van der Waals surface area contributed by atoms with Crippen LogP contribution in [-0.4, -0.2) is 13.7 Å². The fourth-order valence-electron chi connectivity index (χ4n) is 3.04. The third-order valence-electron chi connectivity index (χ3n) is 4.62. The Kier molecular flexibility index (Phi) is 10.3. The molecule has 0 saturated carbocycles. The van der Waals surface area contributed by atoms with Crippen LogP contribution < -0.4 is 14.8 Å². The molecule has 0 fully saturated rings. The van der Waals surface area contributed by atoms with E-state index in [4.69, 9.17) is 9.47 Å². The number of nitrogens with one attached hydrogen (secondary N) is 1. The largest absolute Gasteiger partial charge is 0.493 e. The quantitative estimate of drug-likeness (QED) is 0.366. The molecule has 2 aromatic rings. The van der Waals surface area contributed by atoms with Crippen molar-refractivity contribution in [2.45, 2.75) is 58.6 Å². The minimum absolute atomic E-state index is 0.526. The summed E-state index contributed by atoms with van der Waals surface area (Å²) < 4.78 is 12.7. The van der Waals surface area contributed by atoms with Gasteiger partial charge in [0.15, 0.2) is 11.5 Å². The van der Waals surface area contributed by atoms with Gasteiger partial charge >= 0.3 is 0 Å². The lowest BCUT2D eigenvalue weighted by molar-refractivity contribution is 0.280. The van der Waals surface area contributed by atoms with Gasteiger partial charge in [0, 0.05) is 16.6 Å². The minimum Gasteiger partial charge on any atom is -0.493 e. The van der Waals surface area contributed by atoms with E-state index in [1.165, 1.54) is 38.5 Å². The Bertz CT molecular complexity index is 661. The van der Waals surface area contributed by atoms with Gasteiger partial charge in [-0.2, -0.15) is 0 Å². The Balaban J connectivity index is 1.91. The number of ether oxygens (including phenoxy) is 2. The molecule has 0 bridgehead atoms. The van der Waals surface area contributed by atoms with Crippen molar-refractivity contribution in [1.82, 2.24) is 5.32 Å². The summed E-state index contributed by atoms with van der Waals surface area (Å²) in [5.74, 6) is 1.58. The maximum Gasteiger partial charge on any atom is 0.167 e. The van der Waals surface area contributed by atoms with Crippen molar-refractivity contribution < 1.29 is 9.47 Å². The second-order valence-electron chi connectivity index (χ2n) is 6.78. The summed E-state index contributed by atoms with van der Waals surface area (Å²) in [4.78, 5) is 0. The minimum atomic E-state index is 0.526. The highest BCUT2D eigenvalue weighted by molar-refractivity contribution is 9.10. The summed E-state index contributed by atoms with van der Waals surface area (Å²) in [6, 6.07) is 14.2. The van der Waals surface area contributed by atoms with Crippen LogP contribution in [0, 0.1) is 0 Å². The zero-order valence-corrected chi connectivity index (χ0v) is 18.2. The molecule has 0 heterocycles. The van der Waals surface area contributed by atoms with Gasteiger partial charge in [-0.3, -0.25) is 0 Å². The molecular weight excluding hydrogens is 402 g/mol. The monoisotopic (exact) mass is 433 g/mol. The number of hydrogen-bond donors (Lipinski definition) is 1. The van der Waals surface area contributed by atoms with Gasteiger partial charge in [-0.15, -0.1) is 0 Å². The Hall–Kier alpha value is -1.52. The number of methoxy groups -OCH3 is 1. The molecule has 2 aromatic carbocycles. The molecule has 4 heteroatoms. The van der Waals surface area contributed by atoms with E-state index in [1.54, 1.807) is 7.11 Å². The molecule has 0 aliphatic rings. The van der Waals surface area contributed by atoms with Gasteiger partial charge in [0.2, 0.25) is 0 Å². The smallest absolute Gasteiger partial charge is 0.167 e. The molecule has 148 valence electrons. The lowest BCUT2D eigenvalue weighted by Crippen LogP contribution is -2.16. The topological polar surface area (TPSA) is 30.5 Å². The molecule has 0 aliphatic heterocycles. The van der Waals surface area contributed by atoms with Gasteiger partial charge in [0.05, 0.1) is 7.11 Å². The summed E-state index contributed by atoms with van der Waals surface area (Å²) in [7, 11) is 1.69. The van der Waals surface area contributed by atoms with Crippen LogP contribution in [0.3, 0.4) is 0 Å². The number of halogens is 1. The fraction of sp³-hybridized carbons (Fsp3) is 0.478. The highest BCUT2D eigenvalue weighted by Gasteiger charge is 2.14. The maximum atomic E-state index is 6.15. The molecule has 0 amide bonds. The number of unbranched alkanes of at least 4 members (excludes halogenated alkanes) is 5. The zero-order valence-electron chi connectivity index (χ0n) is 16.6. The van der Waals surface area contributed by atoms with Crippen LogP contribution in [0.15, 0.2) is 46.9 Å². The van der Waals surface area contributed by atoms with E-state index in [1.807, 2.05) is 30.3 Å². The predicted molar refractivity (Wildman–Crippen MR) is 117 cm³/mol. The number of benzene rings is 2. The molecular formula is C23H32BrNO2. The number of rotatable bonds is 13. The van der Waals surface area contributed by atoms with E-state index in [2.05, 4.69) is 40.3 Å². The van der Waals surface area contributed by atoms with Crippen LogP contribution in [0.5, 0.6) is 11.5 Å². The standard InChI is InChI=1S/C23H32BrNO2/c1-3-4-5-6-7-11-16-25-17-20-21(24)14-15-22(26-2)23(20)27-18-19-12-9-8-10-13-19/h8-10,12-15,25H,3-7,11,16-18H2,1-2H3. The van der Waals surface area contributed by atoms with Crippen molar-refractivity contribution in [3.63, 3.8) is 0 Å². The molecule has 0 unspecified atom stereocenters. The molecule has 0 saturated heterocycles. The summed E-state index contributed by atoms with van der Waals surface area (Å²) in [5, 5.41) is 3.56. The van der Waals surface area contributed by atoms with Crippen molar-refractivity contribution in [3.05, 3.63) is 58.1 Å². The second-order valence-corrected chi connectivity index (χ2v) is 7.63.